The summed E-state index contributed by atoms with van der Waals surface area (Å²) < 4.78 is 5.73. The zero-order chi connectivity index (χ0) is 14.7. The van der Waals surface area contributed by atoms with E-state index in [9.17, 15) is 0 Å². The minimum atomic E-state index is 0.196. The Hall–Kier alpha value is -0.900. The average molecular weight is 289 g/mol. The van der Waals surface area contributed by atoms with Crippen LogP contribution in [0.2, 0.25) is 0 Å². The van der Waals surface area contributed by atoms with Gasteiger partial charge in [-0.2, -0.15) is 4.98 Å². The Morgan fingerprint density at radius 2 is 1.95 bits per heavy atom. The molecule has 4 heteroatoms. The number of hydrogen-bond donors (Lipinski definition) is 1. The highest BCUT2D eigenvalue weighted by molar-refractivity contribution is 5.17. The summed E-state index contributed by atoms with van der Waals surface area (Å²) in [6, 6.07) is 0.449. The zero-order valence-corrected chi connectivity index (χ0v) is 13.5. The molecule has 1 heterocycles. The van der Waals surface area contributed by atoms with Crippen LogP contribution in [0.4, 0.5) is 0 Å². The monoisotopic (exact) mass is 289 g/mol. The van der Waals surface area contributed by atoms with Crippen molar-refractivity contribution in [3.63, 3.8) is 0 Å². The van der Waals surface area contributed by atoms with Gasteiger partial charge in [0.15, 0.2) is 5.82 Å². The van der Waals surface area contributed by atoms with Crippen molar-refractivity contribution in [1.29, 1.82) is 0 Å². The van der Waals surface area contributed by atoms with E-state index in [0.717, 1.165) is 23.6 Å². The van der Waals surface area contributed by atoms with Crippen LogP contribution < -0.4 is 5.32 Å². The topological polar surface area (TPSA) is 51.0 Å². The molecule has 4 nitrogen and oxygen atoms in total. The Balaban J connectivity index is 1.58. The van der Waals surface area contributed by atoms with Crippen LogP contribution in [-0.2, 0) is 12.0 Å². The maximum absolute atomic E-state index is 5.73. The van der Waals surface area contributed by atoms with E-state index in [4.69, 9.17) is 9.51 Å². The fourth-order valence-electron chi connectivity index (χ4n) is 5.81. The van der Waals surface area contributed by atoms with Gasteiger partial charge in [0.2, 0.25) is 5.89 Å². The third kappa shape index (κ3) is 2.32. The molecule has 5 rings (SSSR count). The van der Waals surface area contributed by atoms with Crippen LogP contribution in [0.15, 0.2) is 4.52 Å². The molecule has 21 heavy (non-hydrogen) atoms. The standard InChI is InChI=1S/C17H27N3O/c1-11(2)18-9-14-19-15(21-20-14)17-7-12-4-13(8-17)6-16(3,5-12)10-17/h11-13,18H,4-10H2,1-3H3. The first-order chi connectivity index (χ1) is 9.96. The molecule has 0 saturated heterocycles. The van der Waals surface area contributed by atoms with Crippen molar-refractivity contribution in [3.8, 4) is 0 Å². The lowest BCUT2D eigenvalue weighted by molar-refractivity contribution is -0.0724. The molecule has 2 unspecified atom stereocenters. The molecule has 0 amide bonds. The van der Waals surface area contributed by atoms with Crippen molar-refractivity contribution in [1.82, 2.24) is 15.5 Å². The van der Waals surface area contributed by atoms with E-state index in [0.29, 0.717) is 18.0 Å². The molecule has 0 spiro atoms. The molecule has 0 aromatic carbocycles. The molecule has 2 atom stereocenters. The van der Waals surface area contributed by atoms with Crippen LogP contribution in [0, 0.1) is 17.3 Å². The van der Waals surface area contributed by atoms with Crippen molar-refractivity contribution in [3.05, 3.63) is 11.7 Å². The maximum atomic E-state index is 5.73. The highest BCUT2D eigenvalue weighted by Gasteiger charge is 2.58. The van der Waals surface area contributed by atoms with Crippen LogP contribution in [0.3, 0.4) is 0 Å². The van der Waals surface area contributed by atoms with E-state index >= 15 is 0 Å². The molecule has 4 aliphatic rings. The van der Waals surface area contributed by atoms with Gasteiger partial charge in [-0.15, -0.1) is 0 Å². The van der Waals surface area contributed by atoms with E-state index in [2.05, 4.69) is 31.2 Å². The van der Waals surface area contributed by atoms with Gasteiger partial charge in [-0.1, -0.05) is 25.9 Å². The van der Waals surface area contributed by atoms with E-state index in [1.54, 1.807) is 0 Å². The van der Waals surface area contributed by atoms with Gasteiger partial charge in [0.1, 0.15) is 0 Å². The Morgan fingerprint density at radius 3 is 2.57 bits per heavy atom. The number of nitrogens with zero attached hydrogens (tertiary/aromatic N) is 2. The summed E-state index contributed by atoms with van der Waals surface area (Å²) in [7, 11) is 0. The SMILES string of the molecule is CC(C)NCc1noc(C23CC4CC(CC(C)(C4)C2)C3)n1. The van der Waals surface area contributed by atoms with Crippen LogP contribution in [-0.4, -0.2) is 16.2 Å². The maximum Gasteiger partial charge on any atom is 0.232 e. The van der Waals surface area contributed by atoms with Crippen LogP contribution in [0.1, 0.15) is 71.0 Å². The van der Waals surface area contributed by atoms with Crippen molar-refractivity contribution >= 4 is 0 Å². The molecule has 0 radical (unpaired) electrons. The normalized spacial score (nSPS) is 41.1. The quantitative estimate of drug-likeness (QED) is 0.922. The first-order valence-corrected chi connectivity index (χ1v) is 8.53. The summed E-state index contributed by atoms with van der Waals surface area (Å²) in [6.45, 7) is 7.47. The predicted octanol–water partition coefficient (Wildman–Crippen LogP) is 3.43. The second-order valence-electron chi connectivity index (χ2n) is 8.60. The molecule has 4 fully saturated rings. The number of aromatic nitrogens is 2. The van der Waals surface area contributed by atoms with Crippen molar-refractivity contribution < 1.29 is 4.52 Å². The average Bonchev–Trinajstić information content (AvgIpc) is 2.82. The minimum Gasteiger partial charge on any atom is -0.339 e. The number of rotatable bonds is 4. The number of nitrogens with one attached hydrogen (secondary N) is 1. The lowest BCUT2D eigenvalue weighted by Crippen LogP contribution is -2.53. The smallest absolute Gasteiger partial charge is 0.232 e. The lowest BCUT2D eigenvalue weighted by atomic mass is 9.44. The Morgan fingerprint density at radius 1 is 1.24 bits per heavy atom. The summed E-state index contributed by atoms with van der Waals surface area (Å²) in [5.74, 6) is 3.53. The highest BCUT2D eigenvalue weighted by atomic mass is 16.5. The van der Waals surface area contributed by atoms with Crippen LogP contribution in [0.5, 0.6) is 0 Å². The molecular formula is C17H27N3O. The van der Waals surface area contributed by atoms with Crippen LogP contribution >= 0.6 is 0 Å². The third-order valence-electron chi connectivity index (χ3n) is 5.94. The van der Waals surface area contributed by atoms with Gasteiger partial charge < -0.3 is 9.84 Å². The minimum absolute atomic E-state index is 0.196. The molecule has 0 aliphatic heterocycles. The molecule has 4 bridgehead atoms. The molecule has 1 aromatic heterocycles. The Bertz CT molecular complexity index is 522. The van der Waals surface area contributed by atoms with Gasteiger partial charge >= 0.3 is 0 Å². The Kier molecular flexibility index (Phi) is 2.97. The molecular weight excluding hydrogens is 262 g/mol. The molecule has 4 aliphatic carbocycles. The van der Waals surface area contributed by atoms with Gasteiger partial charge in [-0.25, -0.2) is 0 Å². The summed E-state index contributed by atoms with van der Waals surface area (Å²) in [5.41, 5.74) is 0.719. The van der Waals surface area contributed by atoms with Gasteiger partial charge in [0.05, 0.1) is 12.0 Å². The van der Waals surface area contributed by atoms with E-state index < -0.39 is 0 Å². The fraction of sp³-hybridized carbons (Fsp3) is 0.882. The van der Waals surface area contributed by atoms with Crippen LogP contribution in [0.25, 0.3) is 0 Å². The van der Waals surface area contributed by atoms with Gasteiger partial charge in [-0.05, 0) is 55.8 Å². The Labute approximate surface area is 127 Å². The lowest BCUT2D eigenvalue weighted by Gasteiger charge is -2.59. The van der Waals surface area contributed by atoms with E-state index in [-0.39, 0.29) is 5.41 Å². The summed E-state index contributed by atoms with van der Waals surface area (Å²) >= 11 is 0. The zero-order valence-electron chi connectivity index (χ0n) is 13.5. The fourth-order valence-corrected chi connectivity index (χ4v) is 5.81. The highest BCUT2D eigenvalue weighted by Crippen LogP contribution is 2.65. The van der Waals surface area contributed by atoms with Gasteiger partial charge in [-0.3, -0.25) is 0 Å². The summed E-state index contributed by atoms with van der Waals surface area (Å²) in [4.78, 5) is 4.76. The predicted molar refractivity (Wildman–Crippen MR) is 80.7 cm³/mol. The number of hydrogen-bond acceptors (Lipinski definition) is 4. The first-order valence-electron chi connectivity index (χ1n) is 8.53. The molecule has 4 saturated carbocycles. The van der Waals surface area contributed by atoms with E-state index in [1.165, 1.54) is 38.5 Å². The molecule has 1 N–H and O–H groups in total. The largest absolute Gasteiger partial charge is 0.339 e. The first kappa shape index (κ1) is 13.7. The van der Waals surface area contributed by atoms with Gasteiger partial charge in [0.25, 0.3) is 0 Å². The third-order valence-corrected chi connectivity index (χ3v) is 5.94. The van der Waals surface area contributed by atoms with Gasteiger partial charge in [0, 0.05) is 6.04 Å². The van der Waals surface area contributed by atoms with Crippen molar-refractivity contribution in [2.75, 3.05) is 0 Å². The second kappa shape index (κ2) is 4.55. The summed E-state index contributed by atoms with van der Waals surface area (Å²) in [6.07, 6.45) is 8.08. The molecule has 1 aromatic rings. The van der Waals surface area contributed by atoms with E-state index in [1.807, 2.05) is 0 Å². The van der Waals surface area contributed by atoms with Crippen molar-refractivity contribution in [2.24, 2.45) is 17.3 Å². The molecule has 116 valence electrons. The van der Waals surface area contributed by atoms with Crippen molar-refractivity contribution in [2.45, 2.75) is 77.3 Å². The second-order valence-corrected chi connectivity index (χ2v) is 8.60. The summed E-state index contributed by atoms with van der Waals surface area (Å²) in [5, 5.41) is 7.59.